The molecular formula is C24H31N5O2S2. The van der Waals surface area contributed by atoms with Crippen molar-refractivity contribution < 1.29 is 9.59 Å². The van der Waals surface area contributed by atoms with E-state index in [1.54, 1.807) is 11.1 Å². The van der Waals surface area contributed by atoms with E-state index in [-0.39, 0.29) is 18.4 Å². The van der Waals surface area contributed by atoms with E-state index < -0.39 is 6.04 Å². The minimum atomic E-state index is -0.475. The average molecular weight is 486 g/mol. The number of piperazine rings is 1. The van der Waals surface area contributed by atoms with Crippen LogP contribution < -0.4 is 10.6 Å². The number of thiazole rings is 1. The number of benzene rings is 1. The predicted octanol–water partition coefficient (Wildman–Crippen LogP) is 3.64. The fourth-order valence-electron chi connectivity index (χ4n) is 4.66. The smallest absolute Gasteiger partial charge is 0.248 e. The van der Waals surface area contributed by atoms with Crippen LogP contribution in [0.1, 0.15) is 44.1 Å². The van der Waals surface area contributed by atoms with E-state index >= 15 is 0 Å². The maximum Gasteiger partial charge on any atom is 0.248 e. The monoisotopic (exact) mass is 485 g/mol. The first-order chi connectivity index (χ1) is 16.1. The fraction of sp³-hybridized carbons (Fsp3) is 0.500. The molecule has 0 bridgehead atoms. The maximum atomic E-state index is 13.2. The summed E-state index contributed by atoms with van der Waals surface area (Å²) in [7, 11) is 0. The first kappa shape index (κ1) is 23.6. The lowest BCUT2D eigenvalue weighted by Gasteiger charge is -2.40. The van der Waals surface area contributed by atoms with Crippen LogP contribution in [0, 0.1) is 5.92 Å². The Morgan fingerprint density at radius 2 is 1.97 bits per heavy atom. The third kappa shape index (κ3) is 6.51. The first-order valence-corrected chi connectivity index (χ1v) is 13.0. The second-order valence-corrected chi connectivity index (χ2v) is 10.0. The molecule has 2 aliphatic rings. The van der Waals surface area contributed by atoms with Crippen molar-refractivity contribution in [3.8, 4) is 0 Å². The van der Waals surface area contributed by atoms with Crippen LogP contribution in [0.25, 0.3) is 0 Å². The van der Waals surface area contributed by atoms with Crippen LogP contribution >= 0.6 is 23.6 Å². The Hall–Kier alpha value is -2.52. The Bertz CT molecular complexity index is 932. The molecule has 7 nitrogen and oxygen atoms in total. The zero-order valence-electron chi connectivity index (χ0n) is 18.7. The van der Waals surface area contributed by atoms with Gasteiger partial charge in [0.1, 0.15) is 6.04 Å². The summed E-state index contributed by atoms with van der Waals surface area (Å²) in [6, 6.07) is 9.56. The SMILES string of the molecule is O=C(Nc1nccs1)C(CC1CCCCC1)N1CCN(C(=S)NCc2ccccc2)CC1=O. The number of hydrogen-bond donors (Lipinski definition) is 2. The highest BCUT2D eigenvalue weighted by Crippen LogP contribution is 2.29. The van der Waals surface area contributed by atoms with Gasteiger partial charge in [-0.15, -0.1) is 11.3 Å². The molecule has 1 atom stereocenters. The van der Waals surface area contributed by atoms with Gasteiger partial charge in [0, 0.05) is 31.2 Å². The molecule has 1 unspecified atom stereocenters. The van der Waals surface area contributed by atoms with E-state index in [4.69, 9.17) is 12.2 Å². The number of aromatic nitrogens is 1. The van der Waals surface area contributed by atoms with Crippen LogP contribution in [0.3, 0.4) is 0 Å². The van der Waals surface area contributed by atoms with Crippen molar-refractivity contribution in [3.63, 3.8) is 0 Å². The minimum absolute atomic E-state index is 0.0554. The number of anilines is 1. The Balaban J connectivity index is 1.37. The molecule has 33 heavy (non-hydrogen) atoms. The molecule has 1 saturated carbocycles. The van der Waals surface area contributed by atoms with Crippen molar-refractivity contribution in [3.05, 3.63) is 47.5 Å². The van der Waals surface area contributed by atoms with Crippen molar-refractivity contribution in [2.45, 2.75) is 51.1 Å². The number of nitrogens with zero attached hydrogens (tertiary/aromatic N) is 3. The van der Waals surface area contributed by atoms with Gasteiger partial charge in [-0.3, -0.25) is 9.59 Å². The molecule has 2 N–H and O–H groups in total. The highest BCUT2D eigenvalue weighted by atomic mass is 32.1. The van der Waals surface area contributed by atoms with E-state index in [0.29, 0.717) is 42.2 Å². The molecule has 1 aromatic heterocycles. The maximum absolute atomic E-state index is 13.2. The van der Waals surface area contributed by atoms with Gasteiger partial charge in [0.15, 0.2) is 10.2 Å². The highest BCUT2D eigenvalue weighted by molar-refractivity contribution is 7.80. The molecule has 0 spiro atoms. The number of carbonyl (C=O) groups excluding carboxylic acids is 2. The molecule has 1 aliphatic carbocycles. The zero-order chi connectivity index (χ0) is 23.0. The Kier molecular flexibility index (Phi) is 8.28. The summed E-state index contributed by atoms with van der Waals surface area (Å²) < 4.78 is 0. The van der Waals surface area contributed by atoms with Crippen molar-refractivity contribution >= 4 is 45.6 Å². The molecule has 1 aromatic carbocycles. The van der Waals surface area contributed by atoms with Gasteiger partial charge in [-0.05, 0) is 30.1 Å². The van der Waals surface area contributed by atoms with Crippen LogP contribution in [0.4, 0.5) is 5.13 Å². The number of amides is 2. The number of thiocarbonyl (C=S) groups is 1. The summed E-state index contributed by atoms with van der Waals surface area (Å²) in [6.45, 7) is 1.90. The van der Waals surface area contributed by atoms with E-state index in [1.807, 2.05) is 40.6 Å². The topological polar surface area (TPSA) is 77.6 Å². The van der Waals surface area contributed by atoms with Gasteiger partial charge in [0.25, 0.3) is 0 Å². The van der Waals surface area contributed by atoms with Gasteiger partial charge in [-0.25, -0.2) is 4.98 Å². The largest absolute Gasteiger partial charge is 0.358 e. The molecule has 2 heterocycles. The average Bonchev–Trinajstić information content (AvgIpc) is 3.35. The lowest BCUT2D eigenvalue weighted by Crippen LogP contribution is -2.59. The second-order valence-electron chi connectivity index (χ2n) is 8.74. The molecule has 1 aliphatic heterocycles. The van der Waals surface area contributed by atoms with Gasteiger partial charge in [0.2, 0.25) is 11.8 Å². The second kappa shape index (κ2) is 11.6. The molecular weight excluding hydrogens is 454 g/mol. The number of nitrogens with one attached hydrogen (secondary N) is 2. The number of rotatable bonds is 7. The molecule has 0 radical (unpaired) electrons. The Labute approximate surface area is 204 Å². The fourth-order valence-corrected chi connectivity index (χ4v) is 5.42. The predicted molar refractivity (Wildman–Crippen MR) is 135 cm³/mol. The van der Waals surface area contributed by atoms with Crippen LogP contribution in [-0.4, -0.2) is 57.4 Å². The summed E-state index contributed by atoms with van der Waals surface area (Å²) in [5.41, 5.74) is 1.14. The van der Waals surface area contributed by atoms with Crippen LogP contribution in [0.2, 0.25) is 0 Å². The standard InChI is InChI=1S/C24H31N5O2S2/c30-21-17-28(24(32)26-16-19-9-5-2-6-10-19)12-13-29(21)20(15-18-7-3-1-4-8-18)22(31)27-23-25-11-14-33-23/h2,5-6,9-11,14,18,20H,1,3-4,7-8,12-13,15-17H2,(H,26,32)(H,25,27,31). The number of hydrogen-bond acceptors (Lipinski definition) is 5. The van der Waals surface area contributed by atoms with Crippen LogP contribution in [0.15, 0.2) is 41.9 Å². The molecule has 9 heteroatoms. The van der Waals surface area contributed by atoms with E-state index in [2.05, 4.69) is 15.6 Å². The summed E-state index contributed by atoms with van der Waals surface area (Å²) in [5, 5.41) is 9.16. The van der Waals surface area contributed by atoms with E-state index in [0.717, 1.165) is 18.4 Å². The quantitative estimate of drug-likeness (QED) is 0.583. The summed E-state index contributed by atoms with van der Waals surface area (Å²) in [4.78, 5) is 34.2. The molecule has 176 valence electrons. The van der Waals surface area contributed by atoms with Crippen LogP contribution in [0.5, 0.6) is 0 Å². The normalized spacial score (nSPS) is 18.1. The van der Waals surface area contributed by atoms with Gasteiger partial charge in [0.05, 0.1) is 6.54 Å². The zero-order valence-corrected chi connectivity index (χ0v) is 20.4. The van der Waals surface area contributed by atoms with E-state index in [9.17, 15) is 9.59 Å². The van der Waals surface area contributed by atoms with Gasteiger partial charge in [-0.1, -0.05) is 62.4 Å². The van der Waals surface area contributed by atoms with Crippen molar-refractivity contribution in [2.75, 3.05) is 25.0 Å². The van der Waals surface area contributed by atoms with Gasteiger partial charge >= 0.3 is 0 Å². The molecule has 2 aromatic rings. The molecule has 1 saturated heterocycles. The summed E-state index contributed by atoms with van der Waals surface area (Å²) >= 11 is 6.94. The molecule has 2 amide bonds. The molecule has 4 rings (SSSR count). The van der Waals surface area contributed by atoms with Gasteiger partial charge in [-0.2, -0.15) is 0 Å². The molecule has 2 fully saturated rings. The van der Waals surface area contributed by atoms with Crippen LogP contribution in [-0.2, 0) is 16.1 Å². The van der Waals surface area contributed by atoms with Crippen molar-refractivity contribution in [1.29, 1.82) is 0 Å². The third-order valence-electron chi connectivity index (χ3n) is 6.45. The minimum Gasteiger partial charge on any atom is -0.358 e. The van der Waals surface area contributed by atoms with E-state index in [1.165, 1.54) is 30.6 Å². The van der Waals surface area contributed by atoms with Crippen molar-refractivity contribution in [2.24, 2.45) is 5.92 Å². The van der Waals surface area contributed by atoms with Crippen molar-refractivity contribution in [1.82, 2.24) is 20.1 Å². The lowest BCUT2D eigenvalue weighted by molar-refractivity contribution is -0.142. The third-order valence-corrected chi connectivity index (χ3v) is 7.54. The first-order valence-electron chi connectivity index (χ1n) is 11.7. The van der Waals surface area contributed by atoms with Gasteiger partial charge < -0.3 is 20.4 Å². The number of carbonyl (C=O) groups is 2. The summed E-state index contributed by atoms with van der Waals surface area (Å²) in [6.07, 6.45) is 8.30. The summed E-state index contributed by atoms with van der Waals surface area (Å²) in [5.74, 6) is 0.285. The Morgan fingerprint density at radius 3 is 2.67 bits per heavy atom. The Morgan fingerprint density at radius 1 is 1.18 bits per heavy atom. The lowest BCUT2D eigenvalue weighted by atomic mass is 9.84. The highest BCUT2D eigenvalue weighted by Gasteiger charge is 2.36.